The normalized spacial score (nSPS) is 17.7. The van der Waals surface area contributed by atoms with E-state index in [4.69, 9.17) is 9.26 Å². The van der Waals surface area contributed by atoms with Gasteiger partial charge in [0.25, 0.3) is 5.91 Å². The molecule has 0 bridgehead atoms. The van der Waals surface area contributed by atoms with Crippen molar-refractivity contribution in [3.63, 3.8) is 0 Å². The maximum atomic E-state index is 12.9. The number of rotatable bonds is 4. The Morgan fingerprint density at radius 3 is 2.87 bits per heavy atom. The minimum absolute atomic E-state index is 0.0209. The van der Waals surface area contributed by atoms with Crippen molar-refractivity contribution in [1.29, 1.82) is 0 Å². The van der Waals surface area contributed by atoms with Crippen LogP contribution in [0.3, 0.4) is 0 Å². The molecular weight excluding hydrogens is 292 g/mol. The molecule has 2 heterocycles. The van der Waals surface area contributed by atoms with Crippen LogP contribution in [0.25, 0.3) is 0 Å². The van der Waals surface area contributed by atoms with Crippen LogP contribution < -0.4 is 4.74 Å². The van der Waals surface area contributed by atoms with Gasteiger partial charge in [0.1, 0.15) is 5.75 Å². The highest BCUT2D eigenvalue weighted by atomic mass is 16.5. The van der Waals surface area contributed by atoms with E-state index in [2.05, 4.69) is 19.0 Å². The number of methoxy groups -OCH3 is 1. The summed E-state index contributed by atoms with van der Waals surface area (Å²) in [6, 6.07) is 9.25. The van der Waals surface area contributed by atoms with E-state index >= 15 is 0 Å². The number of aromatic nitrogens is 1. The molecule has 1 aromatic carbocycles. The van der Waals surface area contributed by atoms with Gasteiger partial charge in [0.2, 0.25) is 0 Å². The van der Waals surface area contributed by atoms with Gasteiger partial charge in [-0.15, -0.1) is 0 Å². The topological polar surface area (TPSA) is 55.6 Å². The number of hydrogen-bond acceptors (Lipinski definition) is 4. The van der Waals surface area contributed by atoms with Gasteiger partial charge in [0, 0.05) is 12.6 Å². The van der Waals surface area contributed by atoms with Gasteiger partial charge < -0.3 is 14.2 Å². The second-order valence-electron chi connectivity index (χ2n) is 6.17. The first-order chi connectivity index (χ1) is 11.1. The smallest absolute Gasteiger partial charge is 0.258 e. The number of benzene rings is 1. The van der Waals surface area contributed by atoms with Crippen LogP contribution in [-0.4, -0.2) is 29.6 Å². The molecule has 0 saturated carbocycles. The average Bonchev–Trinajstić information content (AvgIpc) is 3.22. The molecule has 0 N–H and O–H groups in total. The third-order valence-electron chi connectivity index (χ3n) is 4.32. The predicted molar refractivity (Wildman–Crippen MR) is 86.6 cm³/mol. The molecule has 1 amide bonds. The first-order valence-electron chi connectivity index (χ1n) is 8.02. The lowest BCUT2D eigenvalue weighted by molar-refractivity contribution is 0.0711. The van der Waals surface area contributed by atoms with Gasteiger partial charge >= 0.3 is 0 Å². The van der Waals surface area contributed by atoms with Crippen LogP contribution in [0.2, 0.25) is 0 Å². The lowest BCUT2D eigenvalue weighted by Crippen LogP contribution is -2.30. The van der Waals surface area contributed by atoms with E-state index in [1.807, 2.05) is 29.2 Å². The minimum Gasteiger partial charge on any atom is -0.496 e. The Morgan fingerprint density at radius 1 is 1.39 bits per heavy atom. The first-order valence-corrected chi connectivity index (χ1v) is 8.02. The molecule has 122 valence electrons. The summed E-state index contributed by atoms with van der Waals surface area (Å²) < 4.78 is 10.8. The minimum atomic E-state index is -0.0487. The third kappa shape index (κ3) is 2.96. The van der Waals surface area contributed by atoms with E-state index in [0.29, 0.717) is 17.2 Å². The summed E-state index contributed by atoms with van der Waals surface area (Å²) in [5.41, 5.74) is 1.52. The summed E-state index contributed by atoms with van der Waals surface area (Å²) in [4.78, 5) is 14.8. The van der Waals surface area contributed by atoms with Gasteiger partial charge in [0.15, 0.2) is 5.76 Å². The van der Waals surface area contributed by atoms with E-state index < -0.39 is 0 Å². The number of para-hydroxylation sites is 1. The molecule has 1 aliphatic rings. The second kappa shape index (κ2) is 6.44. The maximum Gasteiger partial charge on any atom is 0.258 e. The Morgan fingerprint density at radius 2 is 2.17 bits per heavy atom. The Kier molecular flexibility index (Phi) is 4.37. The van der Waals surface area contributed by atoms with Crippen molar-refractivity contribution >= 4 is 5.91 Å². The monoisotopic (exact) mass is 314 g/mol. The van der Waals surface area contributed by atoms with Crippen LogP contribution in [0.15, 0.2) is 34.9 Å². The van der Waals surface area contributed by atoms with Crippen molar-refractivity contribution < 1.29 is 14.1 Å². The van der Waals surface area contributed by atoms with Crippen LogP contribution in [-0.2, 0) is 0 Å². The van der Waals surface area contributed by atoms with Crippen molar-refractivity contribution in [1.82, 2.24) is 10.1 Å². The summed E-state index contributed by atoms with van der Waals surface area (Å²) in [6.07, 6.45) is 1.86. The highest BCUT2D eigenvalue weighted by molar-refractivity contribution is 5.97. The van der Waals surface area contributed by atoms with Crippen LogP contribution in [0.5, 0.6) is 5.75 Å². The molecular formula is C18H22N2O3. The molecule has 0 spiro atoms. The molecule has 2 aromatic rings. The van der Waals surface area contributed by atoms with Gasteiger partial charge in [-0.25, -0.2) is 0 Å². The molecule has 23 heavy (non-hydrogen) atoms. The third-order valence-corrected chi connectivity index (χ3v) is 4.32. The molecule has 5 nitrogen and oxygen atoms in total. The number of carbonyl (C=O) groups excluding carboxylic acids is 1. The zero-order chi connectivity index (χ0) is 16.4. The maximum absolute atomic E-state index is 12.9. The van der Waals surface area contributed by atoms with E-state index in [-0.39, 0.29) is 11.9 Å². The lowest BCUT2D eigenvalue weighted by Gasteiger charge is -2.23. The van der Waals surface area contributed by atoms with Gasteiger partial charge in [0.05, 0.1) is 24.4 Å². The molecule has 1 aromatic heterocycles. The van der Waals surface area contributed by atoms with Crippen molar-refractivity contribution in [2.75, 3.05) is 13.7 Å². The SMILES string of the molecule is COc1ccccc1C(=O)N1CCCC1c1cc(C(C)C)no1. The molecule has 3 rings (SSSR count). The van der Waals surface area contributed by atoms with E-state index in [1.165, 1.54) is 0 Å². The quantitative estimate of drug-likeness (QED) is 0.861. The largest absolute Gasteiger partial charge is 0.496 e. The lowest BCUT2D eigenvalue weighted by atomic mass is 10.1. The molecule has 0 aliphatic carbocycles. The highest BCUT2D eigenvalue weighted by Gasteiger charge is 2.34. The van der Waals surface area contributed by atoms with E-state index in [9.17, 15) is 4.79 Å². The van der Waals surface area contributed by atoms with E-state index in [0.717, 1.165) is 30.8 Å². The summed E-state index contributed by atoms with van der Waals surface area (Å²) in [6.45, 7) is 4.88. The fourth-order valence-electron chi connectivity index (χ4n) is 3.01. The number of hydrogen-bond donors (Lipinski definition) is 0. The molecule has 1 saturated heterocycles. The Balaban J connectivity index is 1.87. The molecule has 5 heteroatoms. The molecule has 1 unspecified atom stereocenters. The predicted octanol–water partition coefficient (Wildman–Crippen LogP) is 3.78. The Bertz CT molecular complexity index is 693. The van der Waals surface area contributed by atoms with Crippen LogP contribution >= 0.6 is 0 Å². The summed E-state index contributed by atoms with van der Waals surface area (Å²) >= 11 is 0. The first kappa shape index (κ1) is 15.6. The number of ether oxygens (including phenoxy) is 1. The molecule has 0 radical (unpaired) electrons. The van der Waals surface area contributed by atoms with Gasteiger partial charge in [-0.3, -0.25) is 4.79 Å². The summed E-state index contributed by atoms with van der Waals surface area (Å²) in [5.74, 6) is 1.66. The molecule has 1 aliphatic heterocycles. The van der Waals surface area contributed by atoms with Gasteiger partial charge in [-0.2, -0.15) is 0 Å². The highest BCUT2D eigenvalue weighted by Crippen LogP contribution is 2.35. The van der Waals surface area contributed by atoms with Crippen LogP contribution in [0.1, 0.15) is 60.5 Å². The zero-order valence-electron chi connectivity index (χ0n) is 13.8. The van der Waals surface area contributed by atoms with Crippen LogP contribution in [0, 0.1) is 0 Å². The standard InChI is InChI=1S/C18H22N2O3/c1-12(2)14-11-17(23-19-14)15-8-6-10-20(15)18(21)13-7-4-5-9-16(13)22-3/h4-5,7,9,11-12,15H,6,8,10H2,1-3H3. The van der Waals surface area contributed by atoms with Crippen molar-refractivity contribution in [2.45, 2.75) is 38.6 Å². The number of carbonyl (C=O) groups is 1. The van der Waals surface area contributed by atoms with Crippen molar-refractivity contribution in [2.24, 2.45) is 0 Å². The Hall–Kier alpha value is -2.30. The van der Waals surface area contributed by atoms with Crippen molar-refractivity contribution in [3.8, 4) is 5.75 Å². The number of nitrogens with zero attached hydrogens (tertiary/aromatic N) is 2. The summed E-state index contributed by atoms with van der Waals surface area (Å²) in [5, 5.41) is 4.12. The van der Waals surface area contributed by atoms with Crippen molar-refractivity contribution in [3.05, 3.63) is 47.3 Å². The second-order valence-corrected chi connectivity index (χ2v) is 6.17. The molecule has 1 atom stereocenters. The van der Waals surface area contributed by atoms with Gasteiger partial charge in [-0.05, 0) is 30.9 Å². The number of amides is 1. The van der Waals surface area contributed by atoms with Gasteiger partial charge in [-0.1, -0.05) is 31.1 Å². The van der Waals surface area contributed by atoms with Crippen LogP contribution in [0.4, 0.5) is 0 Å². The zero-order valence-corrected chi connectivity index (χ0v) is 13.8. The molecule has 1 fully saturated rings. The Labute approximate surface area is 136 Å². The summed E-state index contributed by atoms with van der Waals surface area (Å²) in [7, 11) is 1.58. The average molecular weight is 314 g/mol. The van der Waals surface area contributed by atoms with E-state index in [1.54, 1.807) is 13.2 Å². The fraction of sp³-hybridized carbons (Fsp3) is 0.444. The number of likely N-dealkylation sites (tertiary alicyclic amines) is 1. The fourth-order valence-corrected chi connectivity index (χ4v) is 3.01.